The maximum atomic E-state index is 6.25. The summed E-state index contributed by atoms with van der Waals surface area (Å²) in [4.78, 5) is 6.99. The largest absolute Gasteiger partial charge is 0.381 e. The number of benzene rings is 1. The lowest BCUT2D eigenvalue weighted by Gasteiger charge is -2.37. The standard InChI is InChI=1S/C18H26ClN3O.HI/c19-16-6-4-5-15(13-16)18(7-11-23-12-8-18)14-21-17(20)22-9-2-1-3-10-22;/h4-6,13H,1-3,7-12,14H2,(H2,20,21);1H. The fourth-order valence-corrected chi connectivity index (χ4v) is 3.76. The average molecular weight is 464 g/mol. The molecule has 2 fully saturated rings. The van der Waals surface area contributed by atoms with Crippen LogP contribution < -0.4 is 5.73 Å². The Hall–Kier alpha value is -0.530. The minimum atomic E-state index is -0.0104. The van der Waals surface area contributed by atoms with Crippen LogP contribution in [0.2, 0.25) is 5.02 Å². The van der Waals surface area contributed by atoms with Gasteiger partial charge in [-0.2, -0.15) is 0 Å². The van der Waals surface area contributed by atoms with E-state index in [1.807, 2.05) is 12.1 Å². The molecule has 2 saturated heterocycles. The summed E-state index contributed by atoms with van der Waals surface area (Å²) in [6.45, 7) is 4.31. The van der Waals surface area contributed by atoms with Gasteiger partial charge in [-0.25, -0.2) is 0 Å². The van der Waals surface area contributed by atoms with E-state index in [0.717, 1.165) is 44.2 Å². The summed E-state index contributed by atoms with van der Waals surface area (Å²) in [7, 11) is 0. The molecule has 24 heavy (non-hydrogen) atoms. The Morgan fingerprint density at radius 1 is 1.21 bits per heavy atom. The van der Waals surface area contributed by atoms with Gasteiger partial charge in [0.1, 0.15) is 0 Å². The number of hydrogen-bond acceptors (Lipinski definition) is 2. The molecule has 6 heteroatoms. The van der Waals surface area contributed by atoms with Crippen molar-refractivity contribution in [2.45, 2.75) is 37.5 Å². The lowest BCUT2D eigenvalue weighted by Crippen LogP contribution is -2.43. The zero-order valence-electron chi connectivity index (χ0n) is 14.0. The zero-order chi connectivity index (χ0) is 16.1. The maximum absolute atomic E-state index is 6.25. The van der Waals surface area contributed by atoms with Crippen LogP contribution in [0.4, 0.5) is 0 Å². The van der Waals surface area contributed by atoms with Gasteiger partial charge in [0.25, 0.3) is 0 Å². The molecule has 2 heterocycles. The fourth-order valence-electron chi connectivity index (χ4n) is 3.57. The van der Waals surface area contributed by atoms with Gasteiger partial charge in [-0.05, 0) is 49.8 Å². The lowest BCUT2D eigenvalue weighted by molar-refractivity contribution is 0.0530. The molecule has 4 nitrogen and oxygen atoms in total. The van der Waals surface area contributed by atoms with E-state index in [1.54, 1.807) is 0 Å². The van der Waals surface area contributed by atoms with Crippen molar-refractivity contribution >= 4 is 41.5 Å². The monoisotopic (exact) mass is 463 g/mol. The van der Waals surface area contributed by atoms with Gasteiger partial charge in [0.2, 0.25) is 0 Å². The predicted molar refractivity (Wildman–Crippen MR) is 111 cm³/mol. The van der Waals surface area contributed by atoms with Gasteiger partial charge in [-0.1, -0.05) is 23.7 Å². The first-order valence-electron chi connectivity index (χ1n) is 8.58. The van der Waals surface area contributed by atoms with Crippen LogP contribution in [0.25, 0.3) is 0 Å². The maximum Gasteiger partial charge on any atom is 0.191 e. The second-order valence-corrected chi connectivity index (χ2v) is 7.06. The van der Waals surface area contributed by atoms with Crippen molar-refractivity contribution in [3.8, 4) is 0 Å². The molecule has 0 aromatic heterocycles. The van der Waals surface area contributed by atoms with E-state index >= 15 is 0 Å². The molecule has 0 saturated carbocycles. The summed E-state index contributed by atoms with van der Waals surface area (Å²) in [5.74, 6) is 0.692. The highest BCUT2D eigenvalue weighted by atomic mass is 127. The Kier molecular flexibility index (Phi) is 7.62. The highest BCUT2D eigenvalue weighted by Crippen LogP contribution is 2.36. The molecule has 0 atom stereocenters. The van der Waals surface area contributed by atoms with E-state index in [-0.39, 0.29) is 29.4 Å². The van der Waals surface area contributed by atoms with Crippen LogP contribution in [0.1, 0.15) is 37.7 Å². The smallest absolute Gasteiger partial charge is 0.191 e. The van der Waals surface area contributed by atoms with Crippen molar-refractivity contribution in [3.63, 3.8) is 0 Å². The third-order valence-corrected chi connectivity index (χ3v) is 5.35. The van der Waals surface area contributed by atoms with Gasteiger partial charge in [-0.3, -0.25) is 4.99 Å². The predicted octanol–water partition coefficient (Wildman–Crippen LogP) is 3.81. The number of nitrogens with zero attached hydrogens (tertiary/aromatic N) is 2. The van der Waals surface area contributed by atoms with Gasteiger partial charge >= 0.3 is 0 Å². The Bertz CT molecular complexity index is 555. The van der Waals surface area contributed by atoms with E-state index < -0.39 is 0 Å². The van der Waals surface area contributed by atoms with Gasteiger partial charge in [0.15, 0.2) is 5.96 Å². The quantitative estimate of drug-likeness (QED) is 0.421. The molecule has 2 aliphatic heterocycles. The number of piperidine rings is 1. The molecule has 0 aliphatic carbocycles. The molecule has 2 aliphatic rings. The molecule has 0 spiro atoms. The number of ether oxygens (including phenoxy) is 1. The van der Waals surface area contributed by atoms with E-state index in [1.165, 1.54) is 24.8 Å². The minimum absolute atomic E-state index is 0. The van der Waals surface area contributed by atoms with Crippen molar-refractivity contribution in [1.29, 1.82) is 0 Å². The summed E-state index contributed by atoms with van der Waals surface area (Å²) >= 11 is 6.21. The molecule has 134 valence electrons. The lowest BCUT2D eigenvalue weighted by atomic mass is 9.74. The second kappa shape index (κ2) is 9.25. The molecule has 2 N–H and O–H groups in total. The molecule has 1 aromatic carbocycles. The summed E-state index contributed by atoms with van der Waals surface area (Å²) < 4.78 is 5.58. The topological polar surface area (TPSA) is 50.9 Å². The van der Waals surface area contributed by atoms with E-state index in [9.17, 15) is 0 Å². The van der Waals surface area contributed by atoms with E-state index in [2.05, 4.69) is 17.0 Å². The molecular formula is C18H27ClIN3O. The van der Waals surface area contributed by atoms with Crippen LogP contribution >= 0.6 is 35.6 Å². The van der Waals surface area contributed by atoms with Gasteiger partial charge in [0.05, 0.1) is 6.54 Å². The number of aliphatic imine (C=N–C) groups is 1. The number of halogens is 2. The van der Waals surface area contributed by atoms with Crippen molar-refractivity contribution in [1.82, 2.24) is 4.90 Å². The normalized spacial score (nSPS) is 21.2. The number of likely N-dealkylation sites (tertiary alicyclic amines) is 1. The minimum Gasteiger partial charge on any atom is -0.381 e. The van der Waals surface area contributed by atoms with Crippen LogP contribution in [-0.4, -0.2) is 43.7 Å². The van der Waals surface area contributed by atoms with Crippen LogP contribution in [-0.2, 0) is 10.2 Å². The van der Waals surface area contributed by atoms with Crippen molar-refractivity contribution in [3.05, 3.63) is 34.9 Å². The van der Waals surface area contributed by atoms with Crippen molar-refractivity contribution in [2.75, 3.05) is 32.8 Å². The SMILES string of the molecule is I.NC(=NCC1(c2cccc(Cl)c2)CCOCC1)N1CCCCC1. The van der Waals surface area contributed by atoms with E-state index in [0.29, 0.717) is 12.5 Å². The third kappa shape index (κ3) is 4.76. The molecule has 0 bridgehead atoms. The highest BCUT2D eigenvalue weighted by molar-refractivity contribution is 14.0. The number of nitrogens with two attached hydrogens (primary N) is 1. The summed E-state index contributed by atoms with van der Waals surface area (Å²) in [5.41, 5.74) is 7.49. The zero-order valence-corrected chi connectivity index (χ0v) is 17.1. The molecule has 0 radical (unpaired) electrons. The van der Waals surface area contributed by atoms with Crippen molar-refractivity contribution in [2.24, 2.45) is 10.7 Å². The summed E-state index contributed by atoms with van der Waals surface area (Å²) in [5, 5.41) is 0.779. The van der Waals surface area contributed by atoms with Crippen molar-refractivity contribution < 1.29 is 4.74 Å². The van der Waals surface area contributed by atoms with Gasteiger partial charge < -0.3 is 15.4 Å². The Balaban J connectivity index is 0.00000208. The summed E-state index contributed by atoms with van der Waals surface area (Å²) in [6.07, 6.45) is 5.65. The molecule has 1 aromatic rings. The number of rotatable bonds is 3. The molecular weight excluding hydrogens is 437 g/mol. The molecule has 0 unspecified atom stereocenters. The average Bonchev–Trinajstić information content (AvgIpc) is 2.61. The van der Waals surface area contributed by atoms with Crippen LogP contribution in [0.15, 0.2) is 29.3 Å². The van der Waals surface area contributed by atoms with Crippen LogP contribution in [0.3, 0.4) is 0 Å². The summed E-state index contributed by atoms with van der Waals surface area (Å²) in [6, 6.07) is 8.17. The second-order valence-electron chi connectivity index (χ2n) is 6.63. The van der Waals surface area contributed by atoms with Gasteiger partial charge in [-0.15, -0.1) is 24.0 Å². The third-order valence-electron chi connectivity index (χ3n) is 5.11. The first-order valence-corrected chi connectivity index (χ1v) is 8.96. The fraction of sp³-hybridized carbons (Fsp3) is 0.611. The highest BCUT2D eigenvalue weighted by Gasteiger charge is 2.34. The Morgan fingerprint density at radius 2 is 1.92 bits per heavy atom. The van der Waals surface area contributed by atoms with Gasteiger partial charge in [0, 0.05) is 36.7 Å². The first kappa shape index (κ1) is 19.8. The van der Waals surface area contributed by atoms with Crippen LogP contribution in [0.5, 0.6) is 0 Å². The van der Waals surface area contributed by atoms with Crippen LogP contribution in [0, 0.1) is 0 Å². The Labute approximate surface area is 166 Å². The molecule has 0 amide bonds. The number of hydrogen-bond donors (Lipinski definition) is 1. The molecule has 3 rings (SSSR count). The first-order chi connectivity index (χ1) is 11.2. The Morgan fingerprint density at radius 3 is 2.58 bits per heavy atom. The number of guanidine groups is 1. The van der Waals surface area contributed by atoms with E-state index in [4.69, 9.17) is 27.1 Å².